The summed E-state index contributed by atoms with van der Waals surface area (Å²) in [7, 11) is 0. The monoisotopic (exact) mass is 1160 g/mol. The minimum absolute atomic E-state index is 0.0846. The summed E-state index contributed by atoms with van der Waals surface area (Å²) in [5.74, 6) is 2.38. The summed E-state index contributed by atoms with van der Waals surface area (Å²) in [6.07, 6.45) is 1.91. The van der Waals surface area contributed by atoms with E-state index in [0.717, 1.165) is 65.5 Å². The minimum atomic E-state index is -0.189. The first kappa shape index (κ1) is 46.2. The number of pyridine rings is 1. The first-order chi connectivity index (χ1) is 36.8. The SMILES string of the molecule is Cc1ccnc(-n2c3cc(Oc4cc(-n5[c](=[Pt])n(-c6c(-c7ccccc7)cc(C(C)(C)C)cc6-c6ccccc6)c6ccccc65)cc(C(C)(C)C)c4)ccc3c3cc4c5cccc6c7ccccc7n(c4cc32)c65)c1. The summed E-state index contributed by atoms with van der Waals surface area (Å²) in [5.41, 5.74) is 18.2. The van der Waals surface area contributed by atoms with E-state index in [0.29, 0.717) is 0 Å². The van der Waals surface area contributed by atoms with Crippen LogP contribution in [-0.2, 0) is 30.2 Å². The molecule has 5 aromatic heterocycles. The standard InChI is InChI=1S/C69H55N5O.Pt/c1-43-31-32-70-65(33-43)73-62-39-49(29-30-52(62)57-40-58-54-25-18-24-53-51-23-14-15-26-59(51)74(67(53)54)64(58)41-63(57)73)75-50-35-46(68(2,3)4)34-48(38-50)71-42-72(61-28-17-16-27-60(61)71)66-55(44-19-10-8-11-20-44)36-47(69(5,6)7)37-56(66)45-21-12-9-13-22-45;/h8-41H,1-7H3;. The number of aromatic nitrogens is 5. The van der Waals surface area contributed by atoms with Gasteiger partial charge in [0.15, 0.2) is 0 Å². The Labute approximate surface area is 452 Å². The van der Waals surface area contributed by atoms with Gasteiger partial charge in [-0.2, -0.15) is 0 Å². The van der Waals surface area contributed by atoms with Gasteiger partial charge in [-0.05, 0) is 24.6 Å². The molecule has 0 aliphatic heterocycles. The van der Waals surface area contributed by atoms with Gasteiger partial charge < -0.3 is 4.40 Å². The molecular weight excluding hydrogens is 1110 g/mol. The Balaban J connectivity index is 0.969. The number of hydrogen-bond acceptors (Lipinski definition) is 2. The Morgan fingerprint density at radius 3 is 1.66 bits per heavy atom. The summed E-state index contributed by atoms with van der Waals surface area (Å²) in [4.78, 5) is 5.02. The predicted molar refractivity (Wildman–Crippen MR) is 312 cm³/mol. The van der Waals surface area contributed by atoms with Crippen LogP contribution in [0.1, 0.15) is 58.2 Å². The van der Waals surface area contributed by atoms with E-state index in [9.17, 15) is 0 Å². The Hall–Kier alpha value is -8.31. The van der Waals surface area contributed by atoms with Gasteiger partial charge >= 0.3 is 346 Å². The van der Waals surface area contributed by atoms with Crippen molar-refractivity contribution < 1.29 is 24.1 Å². The van der Waals surface area contributed by atoms with Gasteiger partial charge in [0.2, 0.25) is 0 Å². The number of benzene rings is 9. The van der Waals surface area contributed by atoms with Crippen LogP contribution in [0, 0.1) is 10.7 Å². The molecule has 0 atom stereocenters. The number of para-hydroxylation sites is 4. The fraction of sp³-hybridized carbons (Fsp3) is 0.130. The van der Waals surface area contributed by atoms with Crippen LogP contribution in [0.5, 0.6) is 11.5 Å². The molecule has 0 unspecified atom stereocenters. The molecule has 0 aliphatic carbocycles. The summed E-state index contributed by atoms with van der Waals surface area (Å²) < 4.78 is 17.9. The Kier molecular flexibility index (Phi) is 10.4. The Bertz CT molecular complexity index is 4650. The van der Waals surface area contributed by atoms with E-state index in [-0.39, 0.29) is 10.8 Å². The predicted octanol–water partition coefficient (Wildman–Crippen LogP) is 18.2. The molecule has 0 saturated carbocycles. The van der Waals surface area contributed by atoms with E-state index in [2.05, 4.69) is 286 Å². The molecule has 0 aliphatic rings. The molecule has 6 nitrogen and oxygen atoms in total. The van der Waals surface area contributed by atoms with E-state index >= 15 is 0 Å². The van der Waals surface area contributed by atoms with E-state index in [1.54, 1.807) is 0 Å². The first-order valence-electron chi connectivity index (χ1n) is 26.2. The molecule has 76 heavy (non-hydrogen) atoms. The van der Waals surface area contributed by atoms with Gasteiger partial charge in [-0.25, -0.2) is 0 Å². The number of aryl methyl sites for hydroxylation is 1. The minimum Gasteiger partial charge on any atom is 0.0620 e. The van der Waals surface area contributed by atoms with Crippen LogP contribution in [0.3, 0.4) is 0 Å². The zero-order chi connectivity index (χ0) is 51.8. The van der Waals surface area contributed by atoms with Gasteiger partial charge in [-0.15, -0.1) is 0 Å². The van der Waals surface area contributed by atoms with E-state index < -0.39 is 0 Å². The maximum absolute atomic E-state index is 7.18. The fourth-order valence-corrected chi connectivity index (χ4v) is 12.9. The number of hydrogen-bond donors (Lipinski definition) is 0. The molecule has 9 aromatic carbocycles. The third kappa shape index (κ3) is 7.25. The molecule has 14 aromatic rings. The number of nitrogens with zero attached hydrogens (tertiary/aromatic N) is 5. The quantitative estimate of drug-likeness (QED) is 0.160. The molecule has 0 amide bonds. The summed E-state index contributed by atoms with van der Waals surface area (Å²) in [5, 5.41) is 7.37. The van der Waals surface area contributed by atoms with Crippen LogP contribution in [0.4, 0.5) is 0 Å². The number of ether oxygens (including phenoxy) is 1. The number of rotatable bonds is 7. The number of imidazole rings is 1. The molecule has 14 rings (SSSR count). The fourth-order valence-electron chi connectivity index (χ4n) is 11.8. The van der Waals surface area contributed by atoms with Crippen LogP contribution >= 0.6 is 0 Å². The van der Waals surface area contributed by atoms with Gasteiger partial charge in [-0.1, -0.05) is 36.4 Å². The molecule has 0 N–H and O–H groups in total. The smallest absolute Gasteiger partial charge is 0.0620 e. The normalized spacial score (nSPS) is 12.5. The van der Waals surface area contributed by atoms with Crippen molar-refractivity contribution in [1.29, 1.82) is 0 Å². The van der Waals surface area contributed by atoms with Crippen molar-refractivity contribution in [3.8, 4) is 50.9 Å². The molecule has 7 heteroatoms. The molecule has 0 fully saturated rings. The van der Waals surface area contributed by atoms with Crippen LogP contribution in [0.2, 0.25) is 0 Å². The van der Waals surface area contributed by atoms with Crippen molar-refractivity contribution in [2.75, 3.05) is 0 Å². The van der Waals surface area contributed by atoms with Gasteiger partial charge in [0.25, 0.3) is 0 Å². The van der Waals surface area contributed by atoms with Crippen molar-refractivity contribution in [2.24, 2.45) is 0 Å². The zero-order valence-electron chi connectivity index (χ0n) is 43.6. The topological polar surface area (TPSA) is 41.3 Å². The third-order valence-electron chi connectivity index (χ3n) is 15.5. The summed E-state index contributed by atoms with van der Waals surface area (Å²) >= 11 is 2.56. The van der Waals surface area contributed by atoms with Crippen LogP contribution in [-0.4, -0.2) is 23.1 Å². The van der Waals surface area contributed by atoms with Crippen molar-refractivity contribution >= 4 is 70.9 Å². The Morgan fingerprint density at radius 1 is 0.421 bits per heavy atom. The average molecular weight is 1170 g/mol. The van der Waals surface area contributed by atoms with Crippen LogP contribution in [0.25, 0.3) is 110 Å². The van der Waals surface area contributed by atoms with Gasteiger partial charge in [0.05, 0.1) is 16.6 Å². The van der Waals surface area contributed by atoms with E-state index in [4.69, 9.17) is 9.72 Å². The summed E-state index contributed by atoms with van der Waals surface area (Å²) in [6, 6.07) is 73.2. The molecule has 0 saturated heterocycles. The van der Waals surface area contributed by atoms with Gasteiger partial charge in [0, 0.05) is 27.7 Å². The molecule has 5 heterocycles. The van der Waals surface area contributed by atoms with Gasteiger partial charge in [-0.3, -0.25) is 0 Å². The molecule has 0 spiro atoms. The van der Waals surface area contributed by atoms with Crippen LogP contribution < -0.4 is 4.74 Å². The average Bonchev–Trinajstić information content (AvgIpc) is 4.34. The second-order valence-electron chi connectivity index (χ2n) is 22.5. The zero-order valence-corrected chi connectivity index (χ0v) is 45.9. The van der Waals surface area contributed by atoms with Crippen molar-refractivity contribution in [2.45, 2.75) is 59.3 Å². The molecule has 0 radical (unpaired) electrons. The van der Waals surface area contributed by atoms with Crippen molar-refractivity contribution in [3.05, 3.63) is 227 Å². The van der Waals surface area contributed by atoms with E-state index in [1.807, 2.05) is 6.20 Å². The van der Waals surface area contributed by atoms with Crippen molar-refractivity contribution in [3.63, 3.8) is 0 Å². The second kappa shape index (κ2) is 17.1. The maximum atomic E-state index is 7.18. The molecular formula is C69H55N5OPt. The van der Waals surface area contributed by atoms with Crippen LogP contribution in [0.15, 0.2) is 206 Å². The number of fused-ring (bicyclic) bond motifs is 10. The summed E-state index contributed by atoms with van der Waals surface area (Å²) in [6.45, 7) is 15.9. The first-order valence-corrected chi connectivity index (χ1v) is 27.3. The second-order valence-corrected chi connectivity index (χ2v) is 23.5. The molecule has 0 bridgehead atoms. The van der Waals surface area contributed by atoms with Gasteiger partial charge in [0.1, 0.15) is 0 Å². The van der Waals surface area contributed by atoms with E-state index in [1.165, 1.54) is 76.9 Å². The Morgan fingerprint density at radius 2 is 0.987 bits per heavy atom. The van der Waals surface area contributed by atoms with Crippen molar-refractivity contribution in [1.82, 2.24) is 23.1 Å². The molecule has 372 valence electrons. The third-order valence-corrected chi connectivity index (χ3v) is 16.6.